The second-order valence-electron chi connectivity index (χ2n) is 2.75. The molecule has 0 aliphatic heterocycles. The Morgan fingerprint density at radius 3 is 2.87 bits per heavy atom. The summed E-state index contributed by atoms with van der Waals surface area (Å²) in [6, 6.07) is 3.60. The minimum absolute atomic E-state index is 0. The average molecular weight is 251 g/mol. The van der Waals surface area contributed by atoms with E-state index in [2.05, 4.69) is 9.97 Å². The van der Waals surface area contributed by atoms with Gasteiger partial charge in [-0.1, -0.05) is 0 Å². The van der Waals surface area contributed by atoms with E-state index >= 15 is 0 Å². The molecule has 2 heterocycles. The molecule has 15 heavy (non-hydrogen) atoms. The third kappa shape index (κ3) is 2.50. The molecule has 0 aromatic carbocycles. The first kappa shape index (κ1) is 14.0. The number of H-pyrrole nitrogens is 1. The van der Waals surface area contributed by atoms with Gasteiger partial charge >= 0.3 is 5.69 Å². The van der Waals surface area contributed by atoms with E-state index in [1.54, 1.807) is 12.3 Å². The van der Waals surface area contributed by atoms with Gasteiger partial charge in [0.2, 0.25) is 0 Å². The zero-order chi connectivity index (χ0) is 9.26. The molecule has 7 heteroatoms. The van der Waals surface area contributed by atoms with Crippen molar-refractivity contribution in [1.82, 2.24) is 14.5 Å². The van der Waals surface area contributed by atoms with Crippen LogP contribution in [0.1, 0.15) is 0 Å². The number of aromatic amines is 1. The van der Waals surface area contributed by atoms with Gasteiger partial charge in [-0.3, -0.25) is 4.57 Å². The topological polar surface area (TPSA) is 76.7 Å². The lowest BCUT2D eigenvalue weighted by Gasteiger charge is -1.97. The van der Waals surface area contributed by atoms with E-state index in [-0.39, 0.29) is 30.5 Å². The van der Waals surface area contributed by atoms with Crippen LogP contribution in [-0.4, -0.2) is 21.1 Å². The van der Waals surface area contributed by atoms with E-state index in [1.807, 2.05) is 6.07 Å². The van der Waals surface area contributed by atoms with Crippen molar-refractivity contribution in [3.8, 4) is 0 Å². The number of nitrogens with two attached hydrogens (primary N) is 1. The summed E-state index contributed by atoms with van der Waals surface area (Å²) in [5.74, 6) is 0. The van der Waals surface area contributed by atoms with Gasteiger partial charge in [-0.25, -0.2) is 9.78 Å². The van der Waals surface area contributed by atoms with Gasteiger partial charge in [0, 0.05) is 19.3 Å². The molecular weight excluding hydrogens is 239 g/mol. The second-order valence-corrected chi connectivity index (χ2v) is 2.75. The number of nitrogens with zero attached hydrogens (tertiary/aromatic N) is 2. The summed E-state index contributed by atoms with van der Waals surface area (Å²) in [6.07, 6.45) is 1.66. The van der Waals surface area contributed by atoms with Gasteiger partial charge in [0.15, 0.2) is 5.65 Å². The molecule has 0 spiro atoms. The van der Waals surface area contributed by atoms with Gasteiger partial charge in [-0.05, 0) is 12.1 Å². The van der Waals surface area contributed by atoms with Crippen molar-refractivity contribution in [2.24, 2.45) is 5.73 Å². The molecule has 0 atom stereocenters. The molecule has 0 radical (unpaired) electrons. The molecule has 2 aromatic rings. The first-order valence-corrected chi connectivity index (χ1v) is 4.06. The number of halogens is 2. The Morgan fingerprint density at radius 1 is 1.47 bits per heavy atom. The van der Waals surface area contributed by atoms with Crippen LogP contribution in [0.5, 0.6) is 0 Å². The van der Waals surface area contributed by atoms with Crippen molar-refractivity contribution >= 4 is 36.0 Å². The van der Waals surface area contributed by atoms with Crippen LogP contribution in [-0.2, 0) is 6.54 Å². The van der Waals surface area contributed by atoms with Crippen LogP contribution in [0.4, 0.5) is 0 Å². The molecule has 0 amide bonds. The number of nitrogens with one attached hydrogen (secondary N) is 1. The summed E-state index contributed by atoms with van der Waals surface area (Å²) >= 11 is 0. The van der Waals surface area contributed by atoms with Crippen molar-refractivity contribution < 1.29 is 0 Å². The molecule has 84 valence electrons. The van der Waals surface area contributed by atoms with Gasteiger partial charge in [0.05, 0.1) is 5.52 Å². The van der Waals surface area contributed by atoms with Gasteiger partial charge < -0.3 is 10.7 Å². The molecule has 0 saturated carbocycles. The summed E-state index contributed by atoms with van der Waals surface area (Å²) in [6.45, 7) is 0.930. The quantitative estimate of drug-likeness (QED) is 0.817. The molecule has 0 bridgehead atoms. The van der Waals surface area contributed by atoms with Crippen molar-refractivity contribution in [2.75, 3.05) is 6.54 Å². The van der Waals surface area contributed by atoms with Crippen molar-refractivity contribution in [1.29, 1.82) is 0 Å². The maximum Gasteiger partial charge on any atom is 0.327 e. The summed E-state index contributed by atoms with van der Waals surface area (Å²) in [5.41, 5.74) is 6.64. The Labute approximate surface area is 98.5 Å². The summed E-state index contributed by atoms with van der Waals surface area (Å²) < 4.78 is 1.54. The fraction of sp³-hybridized carbons (Fsp3) is 0.250. The van der Waals surface area contributed by atoms with Crippen LogP contribution < -0.4 is 11.4 Å². The zero-order valence-electron chi connectivity index (χ0n) is 7.84. The highest BCUT2D eigenvalue weighted by molar-refractivity contribution is 5.85. The lowest BCUT2D eigenvalue weighted by molar-refractivity contribution is 0.697. The lowest BCUT2D eigenvalue weighted by atomic mass is 10.4. The first-order valence-electron chi connectivity index (χ1n) is 4.06. The number of hydrogen-bond donors (Lipinski definition) is 2. The maximum absolute atomic E-state index is 11.3. The van der Waals surface area contributed by atoms with E-state index in [0.29, 0.717) is 18.7 Å². The molecule has 2 rings (SSSR count). The number of hydrogen-bond acceptors (Lipinski definition) is 3. The second kappa shape index (κ2) is 5.75. The summed E-state index contributed by atoms with van der Waals surface area (Å²) in [5, 5.41) is 0. The minimum Gasteiger partial charge on any atom is -0.329 e. The standard InChI is InChI=1S/C8H10N4O.2ClH/c9-3-5-12-7-6(11-8(12)13)2-1-4-10-7;;/h1-2,4H,3,5,9H2,(H,11,13);2*1H. The van der Waals surface area contributed by atoms with E-state index in [4.69, 9.17) is 5.73 Å². The SMILES string of the molecule is Cl.Cl.NCCn1c(=O)[nH]c2cccnc21. The van der Waals surface area contributed by atoms with Crippen molar-refractivity contribution in [2.45, 2.75) is 6.54 Å². The monoisotopic (exact) mass is 250 g/mol. The molecule has 5 nitrogen and oxygen atoms in total. The zero-order valence-corrected chi connectivity index (χ0v) is 9.48. The molecule has 0 unspecified atom stereocenters. The van der Waals surface area contributed by atoms with Crippen LogP contribution in [0.15, 0.2) is 23.1 Å². The van der Waals surface area contributed by atoms with Crippen molar-refractivity contribution in [3.05, 3.63) is 28.8 Å². The van der Waals surface area contributed by atoms with E-state index in [1.165, 1.54) is 4.57 Å². The van der Waals surface area contributed by atoms with Crippen LogP contribution in [0, 0.1) is 0 Å². The highest BCUT2D eigenvalue weighted by atomic mass is 35.5. The molecular formula is C8H12Cl2N4O. The fourth-order valence-corrected chi connectivity index (χ4v) is 1.33. The van der Waals surface area contributed by atoms with Gasteiger partial charge in [-0.2, -0.15) is 0 Å². The number of rotatable bonds is 2. The van der Waals surface area contributed by atoms with Crippen molar-refractivity contribution in [3.63, 3.8) is 0 Å². The van der Waals surface area contributed by atoms with E-state index in [0.717, 1.165) is 5.52 Å². The largest absolute Gasteiger partial charge is 0.329 e. The molecule has 3 N–H and O–H groups in total. The Kier molecular flexibility index (Phi) is 5.35. The highest BCUT2D eigenvalue weighted by Crippen LogP contribution is 2.04. The highest BCUT2D eigenvalue weighted by Gasteiger charge is 2.04. The average Bonchev–Trinajstić information content (AvgIpc) is 2.44. The predicted octanol–water partition coefficient (Wildman–Crippen LogP) is 0.527. The minimum atomic E-state index is -0.154. The third-order valence-electron chi connectivity index (χ3n) is 1.88. The fourth-order valence-electron chi connectivity index (χ4n) is 1.33. The van der Waals surface area contributed by atoms with Crippen LogP contribution in [0.2, 0.25) is 0 Å². The molecule has 0 fully saturated rings. The number of aromatic nitrogens is 3. The summed E-state index contributed by atoms with van der Waals surface area (Å²) in [7, 11) is 0. The van der Waals surface area contributed by atoms with E-state index < -0.39 is 0 Å². The van der Waals surface area contributed by atoms with Crippen LogP contribution >= 0.6 is 24.8 Å². The number of pyridine rings is 1. The van der Waals surface area contributed by atoms with Gasteiger partial charge in [-0.15, -0.1) is 24.8 Å². The first-order chi connectivity index (χ1) is 6.33. The van der Waals surface area contributed by atoms with Gasteiger partial charge in [0.25, 0.3) is 0 Å². The lowest BCUT2D eigenvalue weighted by Crippen LogP contribution is -2.21. The molecule has 0 saturated heterocycles. The third-order valence-corrected chi connectivity index (χ3v) is 1.88. The predicted molar refractivity (Wildman–Crippen MR) is 63.9 cm³/mol. The van der Waals surface area contributed by atoms with E-state index in [9.17, 15) is 4.79 Å². The molecule has 0 aliphatic rings. The number of imidazole rings is 1. The van der Waals surface area contributed by atoms with Gasteiger partial charge in [0.1, 0.15) is 0 Å². The normalized spacial score (nSPS) is 9.40. The van der Waals surface area contributed by atoms with Crippen LogP contribution in [0.3, 0.4) is 0 Å². The Morgan fingerprint density at radius 2 is 2.20 bits per heavy atom. The Bertz CT molecular complexity index is 479. The number of fused-ring (bicyclic) bond motifs is 1. The molecule has 0 aliphatic carbocycles. The summed E-state index contributed by atoms with van der Waals surface area (Å²) in [4.78, 5) is 18.1. The smallest absolute Gasteiger partial charge is 0.327 e. The molecule has 2 aromatic heterocycles. The Hall–Kier alpha value is -1.04. The Balaban J connectivity index is 0.000000980. The van der Waals surface area contributed by atoms with Crippen LogP contribution in [0.25, 0.3) is 11.2 Å². The maximum atomic E-state index is 11.3.